The summed E-state index contributed by atoms with van der Waals surface area (Å²) >= 11 is 1.99. The van der Waals surface area contributed by atoms with Crippen LogP contribution in [0.3, 0.4) is 0 Å². The van der Waals surface area contributed by atoms with E-state index >= 15 is 0 Å². The van der Waals surface area contributed by atoms with Gasteiger partial charge in [0, 0.05) is 15.8 Å². The van der Waals surface area contributed by atoms with Crippen LogP contribution in [-0.4, -0.2) is 12.6 Å². The van der Waals surface area contributed by atoms with E-state index in [2.05, 4.69) is 38.2 Å². The van der Waals surface area contributed by atoms with Gasteiger partial charge in [-0.15, -0.1) is 11.3 Å². The van der Waals surface area contributed by atoms with Crippen LogP contribution in [0.25, 0.3) is 0 Å². The molecular weight excluding hydrogens is 214 g/mol. The Kier molecular flexibility index (Phi) is 4.04. The molecule has 90 valence electrons. The van der Waals surface area contributed by atoms with E-state index in [1.807, 2.05) is 11.3 Å². The fourth-order valence-electron chi connectivity index (χ4n) is 2.84. The fraction of sp³-hybridized carbons (Fsp3) is 0.714. The molecule has 1 N–H and O–H groups in total. The van der Waals surface area contributed by atoms with Crippen LogP contribution in [0.1, 0.15) is 48.8 Å². The number of rotatable bonds is 4. The van der Waals surface area contributed by atoms with E-state index in [-0.39, 0.29) is 0 Å². The molecular formula is C14H23NS. The van der Waals surface area contributed by atoms with E-state index in [1.54, 1.807) is 4.88 Å². The molecule has 2 heteroatoms. The van der Waals surface area contributed by atoms with Gasteiger partial charge in [0.2, 0.25) is 0 Å². The quantitative estimate of drug-likeness (QED) is 0.836. The summed E-state index contributed by atoms with van der Waals surface area (Å²) < 4.78 is 0. The zero-order chi connectivity index (χ0) is 11.5. The van der Waals surface area contributed by atoms with Gasteiger partial charge in [0.1, 0.15) is 0 Å². The lowest BCUT2D eigenvalue weighted by molar-refractivity contribution is 0.407. The molecule has 1 saturated carbocycles. The molecule has 3 unspecified atom stereocenters. The first-order valence-corrected chi connectivity index (χ1v) is 7.33. The highest BCUT2D eigenvalue weighted by Gasteiger charge is 2.33. The van der Waals surface area contributed by atoms with Crippen LogP contribution in [0, 0.1) is 12.8 Å². The SMILES string of the molecule is CCCNC1CCC(c2ccc(C)s2)C1C. The van der Waals surface area contributed by atoms with E-state index in [0.717, 1.165) is 17.9 Å². The van der Waals surface area contributed by atoms with Crippen molar-refractivity contribution >= 4 is 11.3 Å². The summed E-state index contributed by atoms with van der Waals surface area (Å²) in [5.41, 5.74) is 0. The van der Waals surface area contributed by atoms with E-state index in [4.69, 9.17) is 0 Å². The molecule has 0 aliphatic heterocycles. The molecule has 16 heavy (non-hydrogen) atoms. The molecule has 0 radical (unpaired) electrons. The van der Waals surface area contributed by atoms with E-state index in [1.165, 1.54) is 30.7 Å². The molecule has 1 fully saturated rings. The summed E-state index contributed by atoms with van der Waals surface area (Å²) in [7, 11) is 0. The highest BCUT2D eigenvalue weighted by atomic mass is 32.1. The Balaban J connectivity index is 1.98. The maximum absolute atomic E-state index is 3.69. The Morgan fingerprint density at radius 3 is 2.81 bits per heavy atom. The second kappa shape index (κ2) is 5.33. The van der Waals surface area contributed by atoms with Crippen molar-refractivity contribution in [3.8, 4) is 0 Å². The van der Waals surface area contributed by atoms with Gasteiger partial charge in [-0.3, -0.25) is 0 Å². The number of hydrogen-bond acceptors (Lipinski definition) is 2. The second-order valence-electron chi connectivity index (χ2n) is 5.05. The van der Waals surface area contributed by atoms with Gasteiger partial charge in [0.05, 0.1) is 0 Å². The fourth-order valence-corrected chi connectivity index (χ4v) is 3.96. The number of hydrogen-bond donors (Lipinski definition) is 1. The van der Waals surface area contributed by atoms with Crippen LogP contribution in [-0.2, 0) is 0 Å². The van der Waals surface area contributed by atoms with Gasteiger partial charge in [-0.1, -0.05) is 13.8 Å². The molecule has 1 aromatic rings. The third-order valence-corrected chi connectivity index (χ3v) is 4.97. The zero-order valence-electron chi connectivity index (χ0n) is 10.6. The molecule has 0 bridgehead atoms. The normalized spacial score (nSPS) is 29.8. The molecule has 3 atom stereocenters. The van der Waals surface area contributed by atoms with Gasteiger partial charge in [0.25, 0.3) is 0 Å². The average molecular weight is 237 g/mol. The minimum atomic E-state index is 0.743. The highest BCUT2D eigenvalue weighted by Crippen LogP contribution is 2.41. The van der Waals surface area contributed by atoms with E-state index in [0.29, 0.717) is 0 Å². The van der Waals surface area contributed by atoms with Gasteiger partial charge in [-0.2, -0.15) is 0 Å². The lowest BCUT2D eigenvalue weighted by Gasteiger charge is -2.21. The van der Waals surface area contributed by atoms with Gasteiger partial charge in [-0.25, -0.2) is 0 Å². The maximum Gasteiger partial charge on any atom is 0.00990 e. The number of aryl methyl sites for hydroxylation is 1. The van der Waals surface area contributed by atoms with Gasteiger partial charge >= 0.3 is 0 Å². The molecule has 1 aliphatic rings. The summed E-state index contributed by atoms with van der Waals surface area (Å²) in [6, 6.07) is 5.34. The van der Waals surface area contributed by atoms with E-state index in [9.17, 15) is 0 Å². The van der Waals surface area contributed by atoms with Gasteiger partial charge in [0.15, 0.2) is 0 Å². The monoisotopic (exact) mass is 237 g/mol. The Labute approximate surface area is 103 Å². The number of nitrogens with one attached hydrogen (secondary N) is 1. The Morgan fingerprint density at radius 2 is 2.19 bits per heavy atom. The van der Waals surface area contributed by atoms with Crippen LogP contribution in [0.2, 0.25) is 0 Å². The van der Waals surface area contributed by atoms with Gasteiger partial charge in [-0.05, 0) is 56.7 Å². The van der Waals surface area contributed by atoms with Crippen molar-refractivity contribution in [1.29, 1.82) is 0 Å². The van der Waals surface area contributed by atoms with Crippen LogP contribution in [0.15, 0.2) is 12.1 Å². The predicted octanol–water partition coefficient (Wildman–Crippen LogP) is 3.94. The van der Waals surface area contributed by atoms with Crippen molar-refractivity contribution < 1.29 is 0 Å². The standard InChI is InChI=1S/C14H23NS/c1-4-9-15-13-7-6-12(11(13)3)14-8-5-10(2)16-14/h5,8,11-13,15H,4,6-7,9H2,1-3H3. The first-order valence-electron chi connectivity index (χ1n) is 6.52. The lowest BCUT2D eigenvalue weighted by Crippen LogP contribution is -2.32. The molecule has 0 spiro atoms. The molecule has 0 amide bonds. The summed E-state index contributed by atoms with van der Waals surface area (Å²) in [6.45, 7) is 8.04. The Morgan fingerprint density at radius 1 is 1.38 bits per heavy atom. The van der Waals surface area contributed by atoms with Crippen molar-refractivity contribution in [2.45, 2.75) is 52.0 Å². The third kappa shape index (κ3) is 2.49. The van der Waals surface area contributed by atoms with Crippen molar-refractivity contribution in [1.82, 2.24) is 5.32 Å². The smallest absolute Gasteiger partial charge is 0.00990 e. The largest absolute Gasteiger partial charge is 0.314 e. The zero-order valence-corrected chi connectivity index (χ0v) is 11.4. The van der Waals surface area contributed by atoms with Crippen molar-refractivity contribution in [2.75, 3.05) is 6.54 Å². The van der Waals surface area contributed by atoms with Crippen LogP contribution >= 0.6 is 11.3 Å². The first kappa shape index (κ1) is 12.1. The topological polar surface area (TPSA) is 12.0 Å². The minimum absolute atomic E-state index is 0.743. The molecule has 0 saturated heterocycles. The molecule has 0 aromatic carbocycles. The Bertz CT molecular complexity index is 331. The second-order valence-corrected chi connectivity index (χ2v) is 6.37. The first-order chi connectivity index (χ1) is 7.72. The summed E-state index contributed by atoms with van der Waals surface area (Å²) in [4.78, 5) is 3.05. The molecule has 1 aromatic heterocycles. The predicted molar refractivity (Wildman–Crippen MR) is 72.3 cm³/mol. The van der Waals surface area contributed by atoms with E-state index < -0.39 is 0 Å². The third-order valence-electron chi connectivity index (χ3n) is 3.84. The van der Waals surface area contributed by atoms with Crippen LogP contribution in [0.4, 0.5) is 0 Å². The van der Waals surface area contributed by atoms with Crippen LogP contribution in [0.5, 0.6) is 0 Å². The summed E-state index contributed by atoms with van der Waals surface area (Å²) in [5.74, 6) is 1.60. The number of thiophene rings is 1. The molecule has 1 nitrogen and oxygen atoms in total. The maximum atomic E-state index is 3.69. The summed E-state index contributed by atoms with van der Waals surface area (Å²) in [6.07, 6.45) is 3.96. The minimum Gasteiger partial charge on any atom is -0.314 e. The average Bonchev–Trinajstić information content (AvgIpc) is 2.83. The van der Waals surface area contributed by atoms with Gasteiger partial charge < -0.3 is 5.32 Å². The lowest BCUT2D eigenvalue weighted by atomic mass is 9.94. The molecule has 2 rings (SSSR count). The highest BCUT2D eigenvalue weighted by molar-refractivity contribution is 7.12. The van der Waals surface area contributed by atoms with Crippen molar-refractivity contribution in [2.24, 2.45) is 5.92 Å². The summed E-state index contributed by atoms with van der Waals surface area (Å²) in [5, 5.41) is 3.69. The van der Waals surface area contributed by atoms with Crippen molar-refractivity contribution in [3.05, 3.63) is 21.9 Å². The molecule has 1 aliphatic carbocycles. The van der Waals surface area contributed by atoms with Crippen molar-refractivity contribution in [3.63, 3.8) is 0 Å². The molecule has 1 heterocycles. The Hall–Kier alpha value is -0.340. The van der Waals surface area contributed by atoms with Crippen LogP contribution < -0.4 is 5.32 Å².